The van der Waals surface area contributed by atoms with Gasteiger partial charge in [0.1, 0.15) is 17.7 Å². The maximum Gasteiger partial charge on any atom is 0.407 e. The minimum Gasteiger partial charge on any atom is -0.453 e. The van der Waals surface area contributed by atoms with Gasteiger partial charge in [-0.15, -0.1) is 0 Å². The van der Waals surface area contributed by atoms with Crippen LogP contribution in [0.15, 0.2) is 96.2 Å². The molecule has 4 N–H and O–H groups in total. The van der Waals surface area contributed by atoms with Crippen LogP contribution in [0.2, 0.25) is 5.02 Å². The number of hydrogen-bond donors (Lipinski definition) is 4. The van der Waals surface area contributed by atoms with Gasteiger partial charge in [-0.05, 0) is 54.5 Å². The molecule has 1 aromatic heterocycles. The number of benzene rings is 4. The third-order valence-electron chi connectivity index (χ3n) is 9.06. The highest BCUT2D eigenvalue weighted by atomic mass is 35.5. The molecule has 272 valence electrons. The number of imidazole rings is 1. The highest BCUT2D eigenvalue weighted by molar-refractivity contribution is 7.99. The smallest absolute Gasteiger partial charge is 0.407 e. The second-order valence-corrected chi connectivity index (χ2v) is 14.0. The van der Waals surface area contributed by atoms with Crippen LogP contribution in [0.1, 0.15) is 41.9 Å². The Hall–Kier alpha value is -4.49. The zero-order chi connectivity index (χ0) is 36.5. The number of aromatic nitrogens is 2. The number of aromatic amines is 1. The van der Waals surface area contributed by atoms with E-state index in [1.165, 1.54) is 37.1 Å². The van der Waals surface area contributed by atoms with E-state index in [2.05, 4.69) is 25.9 Å². The quantitative estimate of drug-likeness (QED) is 0.0856. The average molecular weight is 748 g/mol. The van der Waals surface area contributed by atoms with Crippen molar-refractivity contribution in [3.8, 4) is 0 Å². The first-order valence-corrected chi connectivity index (χ1v) is 18.5. The lowest BCUT2D eigenvalue weighted by Gasteiger charge is -2.31. The summed E-state index contributed by atoms with van der Waals surface area (Å²) in [6, 6.07) is 26.5. The van der Waals surface area contributed by atoms with Gasteiger partial charge in [-0.3, -0.25) is 4.79 Å². The molecule has 2 heterocycles. The second-order valence-electron chi connectivity index (χ2n) is 12.6. The van der Waals surface area contributed by atoms with Crippen molar-refractivity contribution in [3.05, 3.63) is 124 Å². The minimum atomic E-state index is -0.985. The van der Waals surface area contributed by atoms with Gasteiger partial charge < -0.3 is 30.4 Å². The number of nitrogens with zero attached hydrogens (tertiary/aromatic N) is 1. The number of morpholine rings is 1. The molecule has 2 amide bonds. The zero-order valence-electron chi connectivity index (χ0n) is 28.5. The van der Waals surface area contributed by atoms with Gasteiger partial charge in [0.2, 0.25) is 5.91 Å². The van der Waals surface area contributed by atoms with Crippen molar-refractivity contribution >= 4 is 52.1 Å². The van der Waals surface area contributed by atoms with Crippen molar-refractivity contribution in [2.75, 3.05) is 31.3 Å². The Balaban J connectivity index is 1.08. The van der Waals surface area contributed by atoms with Crippen LogP contribution in [0.5, 0.6) is 0 Å². The number of fused-ring (bicyclic) bond motifs is 1. The van der Waals surface area contributed by atoms with Crippen LogP contribution < -0.4 is 16.0 Å². The molecule has 52 heavy (non-hydrogen) atoms. The molecule has 13 heteroatoms. The Morgan fingerprint density at radius 1 is 0.962 bits per heavy atom. The number of thioether (sulfide) groups is 1. The maximum absolute atomic E-state index is 15.4. The van der Waals surface area contributed by atoms with Gasteiger partial charge in [-0.2, -0.15) is 0 Å². The van der Waals surface area contributed by atoms with Gasteiger partial charge in [0.25, 0.3) is 0 Å². The second kappa shape index (κ2) is 17.8. The van der Waals surface area contributed by atoms with Crippen LogP contribution in [-0.2, 0) is 20.7 Å². The SMILES string of the molecule is COC(=O)NC(CCC(c1ccccc1)c1ccccc1)C(=O)Nc1c(F)cccc1CCC1CNCC(CSc2nc3cc(Cl)c(F)cc3[nH]2)O1. The van der Waals surface area contributed by atoms with Crippen LogP contribution in [0.3, 0.4) is 0 Å². The maximum atomic E-state index is 15.4. The number of aryl methyl sites for hydroxylation is 1. The third kappa shape index (κ3) is 9.68. The van der Waals surface area contributed by atoms with Gasteiger partial charge in [0.05, 0.1) is 41.1 Å². The fourth-order valence-electron chi connectivity index (χ4n) is 6.41. The number of amides is 2. The highest BCUT2D eigenvalue weighted by Crippen LogP contribution is 2.31. The Morgan fingerprint density at radius 2 is 1.67 bits per heavy atom. The van der Waals surface area contributed by atoms with Crippen molar-refractivity contribution in [3.63, 3.8) is 0 Å². The molecule has 1 fully saturated rings. The van der Waals surface area contributed by atoms with Gasteiger partial charge in [-0.25, -0.2) is 18.6 Å². The zero-order valence-corrected chi connectivity index (χ0v) is 30.1. The molecule has 0 bridgehead atoms. The summed E-state index contributed by atoms with van der Waals surface area (Å²) in [5.74, 6) is -1.05. The molecule has 0 aliphatic carbocycles. The summed E-state index contributed by atoms with van der Waals surface area (Å²) in [5.41, 5.74) is 4.01. The Bertz CT molecular complexity index is 1890. The summed E-state index contributed by atoms with van der Waals surface area (Å²) < 4.78 is 40.4. The number of carbonyl (C=O) groups is 2. The number of halogens is 3. The van der Waals surface area contributed by atoms with E-state index in [9.17, 15) is 14.0 Å². The Labute approximate surface area is 310 Å². The molecule has 0 spiro atoms. The fraction of sp³-hybridized carbons (Fsp3) is 0.308. The summed E-state index contributed by atoms with van der Waals surface area (Å²) in [4.78, 5) is 33.7. The van der Waals surface area contributed by atoms with Crippen molar-refractivity contribution in [1.29, 1.82) is 0 Å². The molecule has 5 aromatic rings. The van der Waals surface area contributed by atoms with Crippen LogP contribution >= 0.6 is 23.4 Å². The molecule has 3 atom stereocenters. The molecule has 3 unspecified atom stereocenters. The molecule has 4 aromatic carbocycles. The van der Waals surface area contributed by atoms with Crippen molar-refractivity contribution in [2.45, 2.75) is 55.0 Å². The molecule has 0 radical (unpaired) electrons. The number of nitrogens with one attached hydrogen (secondary N) is 4. The lowest BCUT2D eigenvalue weighted by molar-refractivity contribution is -0.118. The number of rotatable bonds is 14. The van der Waals surface area contributed by atoms with E-state index in [1.807, 2.05) is 60.7 Å². The van der Waals surface area contributed by atoms with Gasteiger partial charge in [0.15, 0.2) is 5.16 Å². The highest BCUT2D eigenvalue weighted by Gasteiger charge is 2.27. The predicted molar refractivity (Wildman–Crippen MR) is 200 cm³/mol. The summed E-state index contributed by atoms with van der Waals surface area (Å²) in [6.07, 6.45) is 0.796. The van der Waals surface area contributed by atoms with E-state index >= 15 is 4.39 Å². The van der Waals surface area contributed by atoms with E-state index in [0.717, 1.165) is 11.1 Å². The molecule has 1 saturated heterocycles. The van der Waals surface area contributed by atoms with Gasteiger partial charge >= 0.3 is 6.09 Å². The summed E-state index contributed by atoms with van der Waals surface area (Å²) in [5, 5.41) is 9.50. The van der Waals surface area contributed by atoms with Crippen LogP contribution in [-0.4, -0.2) is 66.2 Å². The lowest BCUT2D eigenvalue weighted by atomic mass is 9.86. The largest absolute Gasteiger partial charge is 0.453 e. The number of ether oxygens (including phenoxy) is 2. The number of alkyl carbamates (subject to hydrolysis) is 1. The summed E-state index contributed by atoms with van der Waals surface area (Å²) in [7, 11) is 1.24. The number of anilines is 1. The van der Waals surface area contributed by atoms with E-state index in [-0.39, 0.29) is 35.3 Å². The van der Waals surface area contributed by atoms with Crippen molar-refractivity contribution in [2.24, 2.45) is 0 Å². The van der Waals surface area contributed by atoms with E-state index in [0.29, 0.717) is 59.9 Å². The number of methoxy groups -OCH3 is 1. The van der Waals surface area contributed by atoms with Crippen molar-refractivity contribution < 1.29 is 27.8 Å². The van der Waals surface area contributed by atoms with Gasteiger partial charge in [-0.1, -0.05) is 96.2 Å². The van der Waals surface area contributed by atoms with Crippen LogP contribution in [0.4, 0.5) is 19.3 Å². The van der Waals surface area contributed by atoms with Gasteiger partial charge in [0, 0.05) is 30.8 Å². The number of hydrogen-bond acceptors (Lipinski definition) is 7. The first-order valence-electron chi connectivity index (χ1n) is 17.1. The molecule has 1 aliphatic heterocycles. The van der Waals surface area contributed by atoms with E-state index in [1.54, 1.807) is 12.1 Å². The topological polar surface area (TPSA) is 117 Å². The Morgan fingerprint density at radius 3 is 2.38 bits per heavy atom. The lowest BCUT2D eigenvalue weighted by Crippen LogP contribution is -2.46. The first kappa shape index (κ1) is 37.3. The average Bonchev–Trinajstić information content (AvgIpc) is 3.56. The minimum absolute atomic E-state index is 0.0210. The molecular weight excluding hydrogens is 708 g/mol. The Kier molecular flexibility index (Phi) is 12.8. The molecule has 9 nitrogen and oxygen atoms in total. The predicted octanol–water partition coefficient (Wildman–Crippen LogP) is 7.85. The summed E-state index contributed by atoms with van der Waals surface area (Å²) >= 11 is 7.37. The van der Waals surface area contributed by atoms with E-state index < -0.39 is 29.7 Å². The molecular formula is C39H40ClF2N5O4S. The van der Waals surface area contributed by atoms with Crippen molar-refractivity contribution in [1.82, 2.24) is 20.6 Å². The monoisotopic (exact) mass is 747 g/mol. The number of carbonyl (C=O) groups excluding carboxylic acids is 2. The third-order valence-corrected chi connectivity index (χ3v) is 10.4. The molecule has 0 saturated carbocycles. The summed E-state index contributed by atoms with van der Waals surface area (Å²) in [6.45, 7) is 1.27. The standard InChI is InChI=1S/C39H40ClF2N5O4S/c1-50-39(49)46-33(18-17-29(24-9-4-2-5-10-24)25-11-6-3-7-12-25)37(48)47-36-26(13-8-14-31(36)41)15-16-27-21-43-22-28(51-27)23-52-38-44-34-19-30(40)32(42)20-35(34)45-38/h2-14,19-20,27-29,33,43H,15-18,21-23H2,1H3,(H,44,45)(H,46,49)(H,47,48). The number of para-hydroxylation sites is 1. The molecule has 1 aliphatic rings. The normalized spacial score (nSPS) is 16.5. The van der Waals surface area contributed by atoms with Crippen LogP contribution in [0, 0.1) is 11.6 Å². The van der Waals surface area contributed by atoms with Crippen LogP contribution in [0.25, 0.3) is 11.0 Å². The fourth-order valence-corrected chi connectivity index (χ4v) is 7.45. The molecule has 6 rings (SSSR count). The number of H-pyrrole nitrogens is 1. The van der Waals surface area contributed by atoms with E-state index in [4.69, 9.17) is 21.1 Å². The first-order chi connectivity index (χ1) is 25.3.